The van der Waals surface area contributed by atoms with Gasteiger partial charge in [0.2, 0.25) is 0 Å². The van der Waals surface area contributed by atoms with Gasteiger partial charge in [0.25, 0.3) is 0 Å². The van der Waals surface area contributed by atoms with E-state index in [1.165, 1.54) is 0 Å². The van der Waals surface area contributed by atoms with E-state index in [-0.39, 0.29) is 24.5 Å². The Hall–Kier alpha value is -0.810. The zero-order valence-electron chi connectivity index (χ0n) is 12.4. The number of benzene rings is 1. The van der Waals surface area contributed by atoms with Crippen LogP contribution >= 0.6 is 11.6 Å². The van der Waals surface area contributed by atoms with E-state index in [2.05, 4.69) is 16.8 Å². The lowest BCUT2D eigenvalue weighted by atomic mass is 10.2. The number of hydrogen-bond donors (Lipinski definition) is 0. The predicted octanol–water partition coefficient (Wildman–Crippen LogP) is -0.863. The zero-order chi connectivity index (χ0) is 14.5. The van der Waals surface area contributed by atoms with Crippen molar-refractivity contribution in [2.75, 3.05) is 39.8 Å². The molecule has 0 spiro atoms. The Bertz CT molecular complexity index is 463. The lowest BCUT2D eigenvalue weighted by Gasteiger charge is -2.33. The molecule has 21 heavy (non-hydrogen) atoms. The Morgan fingerprint density at radius 3 is 2.62 bits per heavy atom. The Kier molecular flexibility index (Phi) is 7.46. The third kappa shape index (κ3) is 5.83. The summed E-state index contributed by atoms with van der Waals surface area (Å²) in [6.45, 7) is 6.88. The van der Waals surface area contributed by atoms with Crippen molar-refractivity contribution in [1.29, 1.82) is 0 Å². The first-order valence-electron chi connectivity index (χ1n) is 6.92. The molecule has 1 aromatic rings. The number of ether oxygens (including phenoxy) is 1. The molecule has 1 atom stereocenters. The topological polar surface area (TPSA) is 32.8 Å². The molecule has 0 amide bonds. The summed E-state index contributed by atoms with van der Waals surface area (Å²) < 4.78 is 5.47. The Morgan fingerprint density at radius 2 is 2.00 bits per heavy atom. The molecule has 0 aliphatic carbocycles. The second kappa shape index (κ2) is 8.59. The van der Waals surface area contributed by atoms with Crippen LogP contribution in [-0.2, 0) is 4.74 Å². The van der Waals surface area contributed by atoms with Crippen LogP contribution in [0.15, 0.2) is 24.3 Å². The lowest BCUT2D eigenvalue weighted by Crippen LogP contribution is -3.00. The molecule has 0 saturated carbocycles. The minimum atomic E-state index is -0.311. The van der Waals surface area contributed by atoms with Gasteiger partial charge in [-0.3, -0.25) is 4.90 Å². The molecule has 0 N–H and O–H groups in total. The SMILES string of the molecule is CC(CN1CCN(C)CC1)OC(=O)c1cccc(Cl)c1.[Cl-]. The highest BCUT2D eigenvalue weighted by Gasteiger charge is 2.18. The van der Waals surface area contributed by atoms with Crippen LogP contribution < -0.4 is 12.4 Å². The van der Waals surface area contributed by atoms with E-state index >= 15 is 0 Å². The molecule has 0 aromatic heterocycles. The standard InChI is InChI=1S/C15H21ClN2O2.ClH/c1-12(11-18-8-6-17(2)7-9-18)20-15(19)13-4-3-5-14(16)10-13;/h3-5,10,12H,6-9,11H2,1-2H3;1H/p-1. The number of carbonyl (C=O) groups is 1. The van der Waals surface area contributed by atoms with Gasteiger partial charge in [0, 0.05) is 37.7 Å². The van der Waals surface area contributed by atoms with Gasteiger partial charge in [0.05, 0.1) is 5.56 Å². The van der Waals surface area contributed by atoms with Gasteiger partial charge in [-0.2, -0.15) is 0 Å². The maximum absolute atomic E-state index is 12.0. The largest absolute Gasteiger partial charge is 1.00 e. The van der Waals surface area contributed by atoms with Crippen LogP contribution in [0.1, 0.15) is 17.3 Å². The monoisotopic (exact) mass is 331 g/mol. The van der Waals surface area contributed by atoms with E-state index in [1.807, 2.05) is 6.92 Å². The maximum Gasteiger partial charge on any atom is 0.338 e. The minimum absolute atomic E-state index is 0. The van der Waals surface area contributed by atoms with Gasteiger partial charge in [0.15, 0.2) is 0 Å². The van der Waals surface area contributed by atoms with E-state index in [4.69, 9.17) is 16.3 Å². The summed E-state index contributed by atoms with van der Waals surface area (Å²) in [4.78, 5) is 16.6. The summed E-state index contributed by atoms with van der Waals surface area (Å²) in [6.07, 6.45) is -0.120. The Labute approximate surface area is 137 Å². The second-order valence-electron chi connectivity index (χ2n) is 5.33. The van der Waals surface area contributed by atoms with Crippen molar-refractivity contribution in [3.05, 3.63) is 34.9 Å². The Morgan fingerprint density at radius 1 is 1.33 bits per heavy atom. The summed E-state index contributed by atoms with van der Waals surface area (Å²) in [6, 6.07) is 6.85. The van der Waals surface area contributed by atoms with E-state index in [0.29, 0.717) is 10.6 Å². The molecule has 118 valence electrons. The number of nitrogens with zero attached hydrogens (tertiary/aromatic N) is 2. The molecule has 1 saturated heterocycles. The highest BCUT2D eigenvalue weighted by molar-refractivity contribution is 6.30. The average Bonchev–Trinajstić information content (AvgIpc) is 2.41. The van der Waals surface area contributed by atoms with Crippen molar-refractivity contribution >= 4 is 17.6 Å². The number of hydrogen-bond acceptors (Lipinski definition) is 4. The Balaban J connectivity index is 0.00000220. The van der Waals surface area contributed by atoms with Gasteiger partial charge in [-0.25, -0.2) is 4.79 Å². The number of carbonyl (C=O) groups excluding carboxylic acids is 1. The van der Waals surface area contributed by atoms with Crippen LogP contribution in [0, 0.1) is 0 Å². The molecule has 0 bridgehead atoms. The number of halogens is 2. The van der Waals surface area contributed by atoms with E-state index in [0.717, 1.165) is 32.7 Å². The third-order valence-electron chi connectivity index (χ3n) is 3.48. The first-order chi connectivity index (χ1) is 9.54. The molecular weight excluding hydrogens is 311 g/mol. The zero-order valence-corrected chi connectivity index (χ0v) is 13.9. The van der Waals surface area contributed by atoms with Gasteiger partial charge in [-0.15, -0.1) is 0 Å². The molecule has 1 heterocycles. The van der Waals surface area contributed by atoms with Gasteiger partial charge in [-0.1, -0.05) is 17.7 Å². The molecule has 1 fully saturated rings. The van der Waals surface area contributed by atoms with Crippen LogP contribution in [0.25, 0.3) is 0 Å². The van der Waals surface area contributed by atoms with Crippen molar-refractivity contribution in [3.8, 4) is 0 Å². The molecular formula is C15H21Cl2N2O2-. The number of likely N-dealkylation sites (N-methyl/N-ethyl adjacent to an activating group) is 1. The van der Waals surface area contributed by atoms with Crippen LogP contribution in [0.2, 0.25) is 5.02 Å². The summed E-state index contributed by atoms with van der Waals surface area (Å²) in [7, 11) is 2.12. The molecule has 1 aliphatic heterocycles. The smallest absolute Gasteiger partial charge is 0.338 e. The molecule has 1 aliphatic rings. The van der Waals surface area contributed by atoms with E-state index in [1.54, 1.807) is 24.3 Å². The van der Waals surface area contributed by atoms with Crippen molar-refractivity contribution in [2.24, 2.45) is 0 Å². The molecule has 4 nitrogen and oxygen atoms in total. The quantitative estimate of drug-likeness (QED) is 0.672. The summed E-state index contributed by atoms with van der Waals surface area (Å²) in [5.41, 5.74) is 0.503. The van der Waals surface area contributed by atoms with Crippen LogP contribution in [0.3, 0.4) is 0 Å². The summed E-state index contributed by atoms with van der Waals surface area (Å²) in [5.74, 6) is -0.311. The van der Waals surface area contributed by atoms with Gasteiger partial charge in [-0.05, 0) is 32.2 Å². The normalized spacial score (nSPS) is 17.9. The minimum Gasteiger partial charge on any atom is -1.00 e. The summed E-state index contributed by atoms with van der Waals surface area (Å²) >= 11 is 5.87. The highest BCUT2D eigenvalue weighted by atomic mass is 35.5. The molecule has 2 rings (SSSR count). The molecule has 0 radical (unpaired) electrons. The van der Waals surface area contributed by atoms with Crippen molar-refractivity contribution < 1.29 is 21.9 Å². The fourth-order valence-corrected chi connectivity index (χ4v) is 2.49. The van der Waals surface area contributed by atoms with Crippen LogP contribution in [0.5, 0.6) is 0 Å². The third-order valence-corrected chi connectivity index (χ3v) is 3.71. The van der Waals surface area contributed by atoms with Crippen molar-refractivity contribution in [1.82, 2.24) is 9.80 Å². The second-order valence-corrected chi connectivity index (χ2v) is 5.77. The molecule has 1 aromatic carbocycles. The lowest BCUT2D eigenvalue weighted by molar-refractivity contribution is -0.0000467. The number of esters is 1. The van der Waals surface area contributed by atoms with E-state index in [9.17, 15) is 4.79 Å². The number of piperazine rings is 1. The fraction of sp³-hybridized carbons (Fsp3) is 0.533. The predicted molar refractivity (Wildman–Crippen MR) is 80.3 cm³/mol. The van der Waals surface area contributed by atoms with E-state index < -0.39 is 0 Å². The van der Waals surface area contributed by atoms with Gasteiger partial charge >= 0.3 is 5.97 Å². The number of rotatable bonds is 4. The van der Waals surface area contributed by atoms with Crippen LogP contribution in [0.4, 0.5) is 0 Å². The van der Waals surface area contributed by atoms with Crippen LogP contribution in [-0.4, -0.2) is 61.6 Å². The maximum atomic E-state index is 12.0. The molecule has 6 heteroatoms. The van der Waals surface area contributed by atoms with Crippen molar-refractivity contribution in [2.45, 2.75) is 13.0 Å². The van der Waals surface area contributed by atoms with Gasteiger partial charge < -0.3 is 22.0 Å². The highest BCUT2D eigenvalue weighted by Crippen LogP contribution is 2.13. The first kappa shape index (κ1) is 18.2. The van der Waals surface area contributed by atoms with Crippen molar-refractivity contribution in [3.63, 3.8) is 0 Å². The first-order valence-corrected chi connectivity index (χ1v) is 7.30. The average molecular weight is 332 g/mol. The molecule has 1 unspecified atom stereocenters. The van der Waals surface area contributed by atoms with Gasteiger partial charge in [0.1, 0.15) is 6.10 Å². The summed E-state index contributed by atoms with van der Waals surface area (Å²) in [5, 5.41) is 0.547. The fourth-order valence-electron chi connectivity index (χ4n) is 2.30.